The van der Waals surface area contributed by atoms with Gasteiger partial charge in [-0.3, -0.25) is 9.48 Å². The maximum absolute atomic E-state index is 12.6. The summed E-state index contributed by atoms with van der Waals surface area (Å²) in [6, 6.07) is 9.53. The van der Waals surface area contributed by atoms with E-state index in [1.54, 1.807) is 16.9 Å². The van der Waals surface area contributed by atoms with Crippen LogP contribution in [0.4, 0.5) is 0 Å². The number of hydrogen-bond acceptors (Lipinski definition) is 3. The molecule has 1 aliphatic heterocycles. The summed E-state index contributed by atoms with van der Waals surface area (Å²) in [6.45, 7) is 3.27. The van der Waals surface area contributed by atoms with Crippen molar-refractivity contribution in [1.82, 2.24) is 9.78 Å². The van der Waals surface area contributed by atoms with E-state index in [0.29, 0.717) is 12.3 Å². The molecule has 1 atom stereocenters. The zero-order valence-corrected chi connectivity index (χ0v) is 10.9. The molecule has 4 heteroatoms. The number of nitrogens with zero attached hydrogens (tertiary/aromatic N) is 2. The Morgan fingerprint density at radius 3 is 3.11 bits per heavy atom. The molecule has 0 amide bonds. The molecule has 1 unspecified atom stereocenters. The molecular weight excluding hydrogens is 240 g/mol. The van der Waals surface area contributed by atoms with Crippen LogP contribution in [-0.2, 0) is 6.54 Å². The van der Waals surface area contributed by atoms with E-state index < -0.39 is 0 Å². The zero-order valence-electron chi connectivity index (χ0n) is 10.9. The molecule has 19 heavy (non-hydrogen) atoms. The first-order valence-corrected chi connectivity index (χ1v) is 6.59. The van der Waals surface area contributed by atoms with E-state index in [0.717, 1.165) is 24.3 Å². The zero-order chi connectivity index (χ0) is 13.2. The Kier molecular flexibility index (Phi) is 3.07. The highest BCUT2D eigenvalue weighted by Gasteiger charge is 2.32. The third-order valence-corrected chi connectivity index (χ3v) is 3.42. The summed E-state index contributed by atoms with van der Waals surface area (Å²) in [4.78, 5) is 12.6. The molecule has 0 bridgehead atoms. The van der Waals surface area contributed by atoms with E-state index in [1.165, 1.54) is 0 Å². The molecule has 0 saturated carbocycles. The Bertz CT molecular complexity index is 604. The number of ether oxygens (including phenoxy) is 1. The van der Waals surface area contributed by atoms with Gasteiger partial charge in [-0.2, -0.15) is 5.10 Å². The molecule has 2 heterocycles. The number of hydrogen-bond donors (Lipinski definition) is 0. The molecule has 0 radical (unpaired) electrons. The van der Waals surface area contributed by atoms with Gasteiger partial charge in [0.05, 0.1) is 5.92 Å². The van der Waals surface area contributed by atoms with Crippen LogP contribution in [0.3, 0.4) is 0 Å². The number of fused-ring (bicyclic) bond motifs is 1. The summed E-state index contributed by atoms with van der Waals surface area (Å²) in [5.41, 5.74) is 1.66. The molecule has 1 aromatic heterocycles. The molecule has 0 aliphatic carbocycles. The number of carbonyl (C=O) groups is 1. The van der Waals surface area contributed by atoms with Crippen LogP contribution in [0.25, 0.3) is 0 Å². The van der Waals surface area contributed by atoms with Crippen LogP contribution in [0.15, 0.2) is 36.5 Å². The van der Waals surface area contributed by atoms with Crippen molar-refractivity contribution < 1.29 is 9.53 Å². The number of para-hydroxylation sites is 1. The highest BCUT2D eigenvalue weighted by Crippen LogP contribution is 2.35. The number of Topliss-reactive ketones (excluding diaryl/α,β-unsaturated/α-hetero) is 1. The number of benzene rings is 1. The summed E-state index contributed by atoms with van der Waals surface area (Å²) in [5.74, 6) is 0.710. The van der Waals surface area contributed by atoms with E-state index in [-0.39, 0.29) is 11.7 Å². The number of aromatic nitrogens is 2. The fourth-order valence-electron chi connectivity index (χ4n) is 2.49. The summed E-state index contributed by atoms with van der Waals surface area (Å²) in [7, 11) is 0. The molecule has 0 fully saturated rings. The second kappa shape index (κ2) is 4.88. The summed E-state index contributed by atoms with van der Waals surface area (Å²) in [6.07, 6.45) is 2.64. The van der Waals surface area contributed by atoms with Crippen molar-refractivity contribution in [3.05, 3.63) is 47.8 Å². The van der Waals surface area contributed by atoms with Gasteiger partial charge in [-0.25, -0.2) is 0 Å². The third-order valence-electron chi connectivity index (χ3n) is 3.42. The quantitative estimate of drug-likeness (QED) is 0.790. The highest BCUT2D eigenvalue weighted by molar-refractivity contribution is 6.00. The predicted octanol–water partition coefficient (Wildman–Crippen LogP) is 2.65. The third kappa shape index (κ3) is 2.03. The summed E-state index contributed by atoms with van der Waals surface area (Å²) in [5, 5.41) is 4.21. The van der Waals surface area contributed by atoms with Gasteiger partial charge >= 0.3 is 0 Å². The lowest BCUT2D eigenvalue weighted by atomic mass is 9.95. The van der Waals surface area contributed by atoms with Crippen molar-refractivity contribution in [3.63, 3.8) is 0 Å². The van der Waals surface area contributed by atoms with Crippen LogP contribution >= 0.6 is 0 Å². The van der Waals surface area contributed by atoms with Crippen LogP contribution in [0.2, 0.25) is 0 Å². The lowest BCUT2D eigenvalue weighted by Gasteiger charge is -2.09. The molecule has 1 aromatic carbocycles. The molecule has 98 valence electrons. The lowest BCUT2D eigenvalue weighted by molar-refractivity contribution is 0.0936. The SMILES string of the molecule is CCCn1nccc1C(=O)C1COc2ccccc21. The van der Waals surface area contributed by atoms with Gasteiger partial charge in [-0.1, -0.05) is 25.1 Å². The van der Waals surface area contributed by atoms with Gasteiger partial charge in [0, 0.05) is 18.3 Å². The molecule has 0 saturated heterocycles. The molecule has 3 rings (SSSR count). The predicted molar refractivity (Wildman–Crippen MR) is 71.5 cm³/mol. The average Bonchev–Trinajstić information content (AvgIpc) is 3.04. The Morgan fingerprint density at radius 2 is 2.26 bits per heavy atom. The van der Waals surface area contributed by atoms with Gasteiger partial charge in [-0.05, 0) is 18.6 Å². The maximum atomic E-state index is 12.6. The van der Waals surface area contributed by atoms with Crippen molar-refractivity contribution in [2.75, 3.05) is 6.61 Å². The lowest BCUT2D eigenvalue weighted by Crippen LogP contribution is -2.19. The van der Waals surface area contributed by atoms with E-state index in [1.807, 2.05) is 24.3 Å². The number of rotatable bonds is 4. The Labute approximate surface area is 112 Å². The molecular formula is C15H16N2O2. The average molecular weight is 256 g/mol. The van der Waals surface area contributed by atoms with Gasteiger partial charge in [0.25, 0.3) is 0 Å². The molecule has 1 aliphatic rings. The van der Waals surface area contributed by atoms with Crippen LogP contribution in [0.5, 0.6) is 5.75 Å². The number of carbonyl (C=O) groups excluding carboxylic acids is 1. The molecule has 0 N–H and O–H groups in total. The first-order chi connectivity index (χ1) is 9.31. The van der Waals surface area contributed by atoms with Crippen LogP contribution < -0.4 is 4.74 Å². The fourth-order valence-corrected chi connectivity index (χ4v) is 2.49. The summed E-state index contributed by atoms with van der Waals surface area (Å²) < 4.78 is 7.36. The van der Waals surface area contributed by atoms with Gasteiger partial charge < -0.3 is 4.74 Å². The minimum Gasteiger partial charge on any atom is -0.492 e. The summed E-state index contributed by atoms with van der Waals surface area (Å²) >= 11 is 0. The maximum Gasteiger partial charge on any atom is 0.191 e. The normalized spacial score (nSPS) is 17.0. The van der Waals surface area contributed by atoms with Crippen LogP contribution in [0.1, 0.15) is 35.3 Å². The Hall–Kier alpha value is -2.10. The van der Waals surface area contributed by atoms with Crippen molar-refractivity contribution in [2.45, 2.75) is 25.8 Å². The van der Waals surface area contributed by atoms with Gasteiger partial charge in [0.1, 0.15) is 18.1 Å². The standard InChI is InChI=1S/C15H16N2O2/c1-2-9-17-13(7-8-16-17)15(18)12-10-19-14-6-4-3-5-11(12)14/h3-8,12H,2,9-10H2,1H3. The largest absolute Gasteiger partial charge is 0.492 e. The van der Waals surface area contributed by atoms with Crippen LogP contribution in [-0.4, -0.2) is 22.2 Å². The smallest absolute Gasteiger partial charge is 0.191 e. The van der Waals surface area contributed by atoms with Crippen molar-refractivity contribution in [3.8, 4) is 5.75 Å². The molecule has 0 spiro atoms. The van der Waals surface area contributed by atoms with Crippen molar-refractivity contribution >= 4 is 5.78 Å². The van der Waals surface area contributed by atoms with Crippen LogP contribution in [0, 0.1) is 0 Å². The van der Waals surface area contributed by atoms with E-state index in [2.05, 4.69) is 12.0 Å². The molecule has 4 nitrogen and oxygen atoms in total. The Morgan fingerprint density at radius 1 is 1.42 bits per heavy atom. The highest BCUT2D eigenvalue weighted by atomic mass is 16.5. The Balaban J connectivity index is 1.91. The van der Waals surface area contributed by atoms with Crippen molar-refractivity contribution in [2.24, 2.45) is 0 Å². The number of aryl methyl sites for hydroxylation is 1. The topological polar surface area (TPSA) is 44.1 Å². The van der Waals surface area contributed by atoms with Gasteiger partial charge in [-0.15, -0.1) is 0 Å². The second-order valence-electron chi connectivity index (χ2n) is 4.71. The minimum atomic E-state index is -0.205. The monoisotopic (exact) mass is 256 g/mol. The molecule has 2 aromatic rings. The minimum absolute atomic E-state index is 0.0934. The number of ketones is 1. The van der Waals surface area contributed by atoms with Gasteiger partial charge in [0.15, 0.2) is 5.78 Å². The van der Waals surface area contributed by atoms with Crippen molar-refractivity contribution in [1.29, 1.82) is 0 Å². The van der Waals surface area contributed by atoms with Gasteiger partial charge in [0.2, 0.25) is 0 Å². The first-order valence-electron chi connectivity index (χ1n) is 6.59. The first kappa shape index (κ1) is 12.0. The second-order valence-corrected chi connectivity index (χ2v) is 4.71. The van der Waals surface area contributed by atoms with E-state index in [4.69, 9.17) is 4.74 Å². The fraction of sp³-hybridized carbons (Fsp3) is 0.333. The van der Waals surface area contributed by atoms with E-state index >= 15 is 0 Å². The van der Waals surface area contributed by atoms with E-state index in [9.17, 15) is 4.79 Å².